The van der Waals surface area contributed by atoms with Gasteiger partial charge in [-0.05, 0) is 0 Å². The zero-order chi connectivity index (χ0) is 5.54. The summed E-state index contributed by atoms with van der Waals surface area (Å²) in [5.41, 5.74) is 0. The van der Waals surface area contributed by atoms with E-state index in [9.17, 15) is 4.79 Å². The zero-order valence-corrected chi connectivity index (χ0v) is 4.89. The van der Waals surface area contributed by atoms with Gasteiger partial charge in [0, 0.05) is 6.16 Å². The van der Waals surface area contributed by atoms with E-state index in [-0.39, 0.29) is 8.81 Å². The zero-order valence-electron chi connectivity index (χ0n) is 3.89. The van der Waals surface area contributed by atoms with Gasteiger partial charge in [-0.25, -0.2) is 0 Å². The van der Waals surface area contributed by atoms with E-state index in [0.29, 0.717) is 6.47 Å². The molecule has 0 radical (unpaired) electrons. The third-order valence-electron chi connectivity index (χ3n) is 0.359. The third-order valence-corrected chi connectivity index (χ3v) is 1.08. The molecule has 0 amide bonds. The average molecular weight is 118 g/mol. The van der Waals surface area contributed by atoms with Crippen molar-refractivity contribution in [2.45, 2.75) is 0 Å². The lowest BCUT2D eigenvalue weighted by Crippen LogP contribution is -1.70. The lowest BCUT2D eigenvalue weighted by Gasteiger charge is -1.87. The minimum absolute atomic E-state index is 0.246. The van der Waals surface area contributed by atoms with Crippen molar-refractivity contribution in [2.24, 2.45) is 0 Å². The Kier molecular flexibility index (Phi) is 5.35. The summed E-state index contributed by atoms with van der Waals surface area (Å²) in [6, 6.07) is 0. The summed E-state index contributed by atoms with van der Waals surface area (Å²) in [6.07, 6.45) is 2.47. The van der Waals surface area contributed by atoms with Crippen LogP contribution in [0.3, 0.4) is 0 Å². The van der Waals surface area contributed by atoms with Crippen molar-refractivity contribution in [3.8, 4) is 0 Å². The molecule has 0 saturated heterocycles. The maximum Gasteiger partial charge on any atom is 0.295 e. The van der Waals surface area contributed by atoms with Crippen LogP contribution in [0.1, 0.15) is 0 Å². The molecule has 40 valence electrons. The highest BCUT2D eigenvalue weighted by molar-refractivity contribution is 7.33. The molecule has 0 aromatic carbocycles. The predicted molar refractivity (Wildman–Crippen MR) is 30.5 cm³/mol. The van der Waals surface area contributed by atoms with Crippen LogP contribution in [0.5, 0.6) is 0 Å². The number of allylic oxidation sites excluding steroid dienone is 1. The Morgan fingerprint density at radius 2 is 2.57 bits per heavy atom. The summed E-state index contributed by atoms with van der Waals surface area (Å²) >= 11 is 0. The fraction of sp³-hybridized carbons (Fsp3) is 0.250. The quantitative estimate of drug-likeness (QED) is 0.237. The molecule has 1 unspecified atom stereocenters. The van der Waals surface area contributed by atoms with Crippen molar-refractivity contribution in [3.05, 3.63) is 12.7 Å². The smallest absolute Gasteiger partial charge is 0.295 e. The van der Waals surface area contributed by atoms with E-state index in [2.05, 4.69) is 11.1 Å². The Morgan fingerprint density at radius 1 is 1.86 bits per heavy atom. The van der Waals surface area contributed by atoms with E-state index in [0.717, 1.165) is 6.16 Å². The van der Waals surface area contributed by atoms with E-state index >= 15 is 0 Å². The summed E-state index contributed by atoms with van der Waals surface area (Å²) < 4.78 is 4.35. The van der Waals surface area contributed by atoms with Crippen LogP contribution >= 0.6 is 8.81 Å². The molecule has 0 aromatic heterocycles. The summed E-state index contributed by atoms with van der Waals surface area (Å²) in [5, 5.41) is 0. The Labute approximate surface area is 44.4 Å². The average Bonchev–Trinajstić information content (AvgIpc) is 1.69. The normalized spacial score (nSPS) is 9.14. The molecular formula is C4H7O2P. The number of carbonyl (C=O) groups is 1. The number of hydrogen-bond donors (Lipinski definition) is 0. The van der Waals surface area contributed by atoms with Gasteiger partial charge in [-0.3, -0.25) is 4.79 Å². The van der Waals surface area contributed by atoms with E-state index in [1.165, 1.54) is 0 Å². The van der Waals surface area contributed by atoms with E-state index in [1.807, 2.05) is 0 Å². The molecule has 3 heteroatoms. The van der Waals surface area contributed by atoms with Crippen molar-refractivity contribution in [3.63, 3.8) is 0 Å². The van der Waals surface area contributed by atoms with Crippen LogP contribution in [0.4, 0.5) is 0 Å². The molecule has 0 N–H and O–H groups in total. The molecule has 0 aliphatic rings. The van der Waals surface area contributed by atoms with Crippen molar-refractivity contribution in [2.75, 3.05) is 6.16 Å². The molecule has 0 aromatic rings. The van der Waals surface area contributed by atoms with Gasteiger partial charge in [0.05, 0.1) is 8.81 Å². The van der Waals surface area contributed by atoms with Crippen LogP contribution in [0.15, 0.2) is 12.7 Å². The number of hydrogen-bond acceptors (Lipinski definition) is 2. The van der Waals surface area contributed by atoms with Crippen molar-refractivity contribution < 1.29 is 9.32 Å². The van der Waals surface area contributed by atoms with Crippen LogP contribution in [0, 0.1) is 0 Å². The molecule has 0 spiro atoms. The van der Waals surface area contributed by atoms with Crippen LogP contribution in [0.2, 0.25) is 0 Å². The predicted octanol–water partition coefficient (Wildman–Crippen LogP) is 0.939. The second-order valence-corrected chi connectivity index (χ2v) is 1.78. The van der Waals surface area contributed by atoms with Crippen LogP contribution in [-0.4, -0.2) is 12.6 Å². The Bertz CT molecular complexity index is 54.7. The minimum Gasteiger partial charge on any atom is -0.450 e. The first-order valence-corrected chi connectivity index (χ1v) is 2.96. The summed E-state index contributed by atoms with van der Waals surface area (Å²) in [7, 11) is 0.246. The fourth-order valence-corrected chi connectivity index (χ4v) is 0.423. The Balaban J connectivity index is 2.68. The first kappa shape index (κ1) is 6.64. The van der Waals surface area contributed by atoms with Gasteiger partial charge in [-0.2, -0.15) is 0 Å². The second-order valence-electron chi connectivity index (χ2n) is 0.851. The number of rotatable bonds is 4. The van der Waals surface area contributed by atoms with Gasteiger partial charge in [0.1, 0.15) is 0 Å². The highest BCUT2D eigenvalue weighted by atomic mass is 31.1. The molecule has 0 fully saturated rings. The monoisotopic (exact) mass is 118 g/mol. The first-order chi connectivity index (χ1) is 3.41. The lowest BCUT2D eigenvalue weighted by molar-refractivity contribution is -0.119. The highest BCUT2D eigenvalue weighted by Gasteiger charge is 1.75. The molecule has 0 heterocycles. The van der Waals surface area contributed by atoms with Gasteiger partial charge in [0.25, 0.3) is 6.47 Å². The largest absolute Gasteiger partial charge is 0.450 e. The Hall–Kier alpha value is -0.360. The molecule has 0 aliphatic heterocycles. The SMILES string of the molecule is C=CCPOC=O. The molecule has 0 bridgehead atoms. The summed E-state index contributed by atoms with van der Waals surface area (Å²) in [5.74, 6) is 0. The van der Waals surface area contributed by atoms with Crippen LogP contribution < -0.4 is 0 Å². The van der Waals surface area contributed by atoms with Gasteiger partial charge >= 0.3 is 0 Å². The molecule has 7 heavy (non-hydrogen) atoms. The lowest BCUT2D eigenvalue weighted by atomic mass is 10.8. The maximum absolute atomic E-state index is 9.43. The van der Waals surface area contributed by atoms with Gasteiger partial charge in [-0.1, -0.05) is 6.08 Å². The van der Waals surface area contributed by atoms with Gasteiger partial charge in [0.15, 0.2) is 0 Å². The summed E-state index contributed by atoms with van der Waals surface area (Å²) in [4.78, 5) is 9.43. The molecular weight excluding hydrogens is 111 g/mol. The topological polar surface area (TPSA) is 26.3 Å². The Morgan fingerprint density at radius 3 is 3.00 bits per heavy atom. The van der Waals surface area contributed by atoms with E-state index in [1.54, 1.807) is 6.08 Å². The van der Waals surface area contributed by atoms with E-state index in [4.69, 9.17) is 0 Å². The molecule has 0 saturated carbocycles. The van der Waals surface area contributed by atoms with Crippen molar-refractivity contribution >= 4 is 15.3 Å². The molecule has 0 aliphatic carbocycles. The third kappa shape index (κ3) is 5.64. The molecule has 2 nitrogen and oxygen atoms in total. The molecule has 1 atom stereocenters. The summed E-state index contributed by atoms with van der Waals surface area (Å²) in [6.45, 7) is 3.89. The van der Waals surface area contributed by atoms with Gasteiger partial charge in [-0.15, -0.1) is 6.58 Å². The van der Waals surface area contributed by atoms with E-state index < -0.39 is 0 Å². The first-order valence-electron chi connectivity index (χ1n) is 1.85. The fourth-order valence-electron chi connectivity index (χ4n) is 0.141. The molecule has 0 rings (SSSR count). The second kappa shape index (κ2) is 5.64. The minimum atomic E-state index is 0.246. The number of carbonyl (C=O) groups excluding carboxylic acids is 1. The maximum atomic E-state index is 9.43. The standard InChI is InChI=1S/C4H7O2P/c1-2-3-7-6-4-5/h2,4,7H,1,3H2. The van der Waals surface area contributed by atoms with Gasteiger partial charge < -0.3 is 4.52 Å². The van der Waals surface area contributed by atoms with Crippen LogP contribution in [0.25, 0.3) is 0 Å². The van der Waals surface area contributed by atoms with Crippen molar-refractivity contribution in [1.82, 2.24) is 0 Å². The highest BCUT2D eigenvalue weighted by Crippen LogP contribution is 2.07. The van der Waals surface area contributed by atoms with Crippen LogP contribution in [-0.2, 0) is 9.32 Å². The van der Waals surface area contributed by atoms with Gasteiger partial charge in [0.2, 0.25) is 0 Å². The van der Waals surface area contributed by atoms with Crippen molar-refractivity contribution in [1.29, 1.82) is 0 Å².